The van der Waals surface area contributed by atoms with Gasteiger partial charge >= 0.3 is 0 Å². The van der Waals surface area contributed by atoms with Crippen molar-refractivity contribution in [2.45, 2.75) is 33.4 Å². The molecule has 0 radical (unpaired) electrons. The molecular weight excluding hydrogens is 227 g/mol. The second-order valence-electron chi connectivity index (χ2n) is 4.48. The van der Waals surface area contributed by atoms with Gasteiger partial charge in [-0.3, -0.25) is 0 Å². The molecule has 2 aromatic rings. The van der Waals surface area contributed by atoms with Crippen LogP contribution in [-0.4, -0.2) is 4.57 Å². The van der Waals surface area contributed by atoms with Crippen molar-refractivity contribution >= 4 is 5.69 Å². The molecule has 0 saturated carbocycles. The number of rotatable bonds is 5. The van der Waals surface area contributed by atoms with Crippen LogP contribution in [0.25, 0.3) is 0 Å². The molecule has 0 saturated heterocycles. The van der Waals surface area contributed by atoms with Gasteiger partial charge in [-0.15, -0.1) is 0 Å². The average Bonchev–Trinajstić information content (AvgIpc) is 2.79. The first kappa shape index (κ1) is 12.7. The van der Waals surface area contributed by atoms with E-state index in [1.165, 1.54) is 5.69 Å². The van der Waals surface area contributed by atoms with Gasteiger partial charge in [0.2, 0.25) is 0 Å². The lowest BCUT2D eigenvalue weighted by Crippen LogP contribution is -2.08. The average molecular weight is 246 g/mol. The molecule has 0 amide bonds. The lowest BCUT2D eigenvalue weighted by Gasteiger charge is -2.11. The molecule has 0 aliphatic rings. The van der Waals surface area contributed by atoms with Gasteiger partial charge in [-0.2, -0.15) is 0 Å². The maximum Gasteiger partial charge on any atom is 0.149 e. The van der Waals surface area contributed by atoms with Crippen molar-refractivity contribution in [2.24, 2.45) is 0 Å². The Morgan fingerprint density at radius 3 is 2.83 bits per heavy atom. The Kier molecular flexibility index (Phi) is 4.03. The summed E-state index contributed by atoms with van der Waals surface area (Å²) in [6.07, 6.45) is 3.16. The summed E-state index contributed by atoms with van der Waals surface area (Å²) in [4.78, 5) is 0. The maximum absolute atomic E-state index is 13.8. The van der Waals surface area contributed by atoms with Crippen LogP contribution in [-0.2, 0) is 13.1 Å². The van der Waals surface area contributed by atoms with Gasteiger partial charge in [0.15, 0.2) is 0 Å². The van der Waals surface area contributed by atoms with Crippen LogP contribution in [0.15, 0.2) is 36.5 Å². The topological polar surface area (TPSA) is 17.0 Å². The summed E-state index contributed by atoms with van der Waals surface area (Å²) in [5.41, 5.74) is 2.42. The minimum absolute atomic E-state index is 0.161. The summed E-state index contributed by atoms with van der Waals surface area (Å²) < 4.78 is 16.0. The number of halogens is 1. The first-order chi connectivity index (χ1) is 8.72. The van der Waals surface area contributed by atoms with E-state index in [1.807, 2.05) is 12.1 Å². The van der Waals surface area contributed by atoms with Crippen molar-refractivity contribution in [2.75, 3.05) is 5.32 Å². The van der Waals surface area contributed by atoms with Gasteiger partial charge in [0.25, 0.3) is 0 Å². The van der Waals surface area contributed by atoms with Crippen molar-refractivity contribution in [3.63, 3.8) is 0 Å². The highest BCUT2D eigenvalue weighted by atomic mass is 19.1. The summed E-state index contributed by atoms with van der Waals surface area (Å²) in [7, 11) is 0. The van der Waals surface area contributed by atoms with Gasteiger partial charge in [-0.25, -0.2) is 4.39 Å². The fraction of sp³-hybridized carbons (Fsp3) is 0.333. The molecule has 3 heteroatoms. The molecule has 0 aliphatic carbocycles. The number of nitrogens with zero attached hydrogens (tertiary/aromatic N) is 1. The van der Waals surface area contributed by atoms with Crippen LogP contribution in [0, 0.1) is 12.7 Å². The quantitative estimate of drug-likeness (QED) is 0.845. The second-order valence-corrected chi connectivity index (χ2v) is 4.48. The number of anilines is 1. The number of hydrogen-bond acceptors (Lipinski definition) is 1. The molecule has 0 unspecified atom stereocenters. The molecule has 2 rings (SSSR count). The van der Waals surface area contributed by atoms with E-state index in [-0.39, 0.29) is 5.82 Å². The molecule has 1 aromatic carbocycles. The van der Waals surface area contributed by atoms with E-state index in [9.17, 15) is 4.39 Å². The Bertz CT molecular complexity index is 517. The van der Waals surface area contributed by atoms with Crippen LogP contribution in [0.4, 0.5) is 10.1 Å². The van der Waals surface area contributed by atoms with Crippen LogP contribution < -0.4 is 5.32 Å². The van der Waals surface area contributed by atoms with E-state index in [4.69, 9.17) is 0 Å². The highest BCUT2D eigenvalue weighted by Gasteiger charge is 2.05. The van der Waals surface area contributed by atoms with Crippen molar-refractivity contribution in [3.05, 3.63) is 53.6 Å². The SMILES string of the molecule is CCCn1cccc1CNc1cccc(C)c1F. The number of aryl methyl sites for hydroxylation is 2. The van der Waals surface area contributed by atoms with Crippen LogP contribution in [0.2, 0.25) is 0 Å². The molecule has 0 bridgehead atoms. The summed E-state index contributed by atoms with van der Waals surface area (Å²) >= 11 is 0. The van der Waals surface area contributed by atoms with Crippen molar-refractivity contribution in [3.8, 4) is 0 Å². The van der Waals surface area contributed by atoms with E-state index in [2.05, 4.69) is 29.1 Å². The molecule has 1 aromatic heterocycles. The zero-order chi connectivity index (χ0) is 13.0. The molecule has 1 N–H and O–H groups in total. The van der Waals surface area contributed by atoms with Crippen molar-refractivity contribution in [1.29, 1.82) is 0 Å². The number of hydrogen-bond donors (Lipinski definition) is 1. The van der Waals surface area contributed by atoms with E-state index in [0.717, 1.165) is 13.0 Å². The number of nitrogens with one attached hydrogen (secondary N) is 1. The van der Waals surface area contributed by atoms with Gasteiger partial charge in [0, 0.05) is 18.4 Å². The van der Waals surface area contributed by atoms with Crippen molar-refractivity contribution in [1.82, 2.24) is 4.57 Å². The molecule has 0 aliphatic heterocycles. The molecule has 2 nitrogen and oxygen atoms in total. The Morgan fingerprint density at radius 1 is 1.22 bits per heavy atom. The highest BCUT2D eigenvalue weighted by molar-refractivity contribution is 5.47. The van der Waals surface area contributed by atoms with Crippen LogP contribution in [0.3, 0.4) is 0 Å². The smallest absolute Gasteiger partial charge is 0.149 e. The molecular formula is C15H19FN2. The maximum atomic E-state index is 13.8. The monoisotopic (exact) mass is 246 g/mol. The third-order valence-electron chi connectivity index (χ3n) is 3.04. The van der Waals surface area contributed by atoms with Crippen LogP contribution in [0.1, 0.15) is 24.6 Å². The van der Waals surface area contributed by atoms with Crippen molar-refractivity contribution < 1.29 is 4.39 Å². The predicted molar refractivity (Wildman–Crippen MR) is 73.2 cm³/mol. The summed E-state index contributed by atoms with van der Waals surface area (Å²) in [6, 6.07) is 9.51. The van der Waals surface area contributed by atoms with E-state index in [0.29, 0.717) is 17.8 Å². The van der Waals surface area contributed by atoms with Crippen LogP contribution in [0.5, 0.6) is 0 Å². The summed E-state index contributed by atoms with van der Waals surface area (Å²) in [5.74, 6) is -0.161. The minimum atomic E-state index is -0.161. The number of aromatic nitrogens is 1. The fourth-order valence-electron chi connectivity index (χ4n) is 2.04. The number of benzene rings is 1. The van der Waals surface area contributed by atoms with Gasteiger partial charge in [0.05, 0.1) is 12.2 Å². The Hall–Kier alpha value is -1.77. The van der Waals surface area contributed by atoms with E-state index < -0.39 is 0 Å². The van der Waals surface area contributed by atoms with E-state index in [1.54, 1.807) is 19.1 Å². The summed E-state index contributed by atoms with van der Waals surface area (Å²) in [5, 5.41) is 3.16. The van der Waals surface area contributed by atoms with Gasteiger partial charge in [-0.1, -0.05) is 19.1 Å². The Morgan fingerprint density at radius 2 is 2.06 bits per heavy atom. The Labute approximate surface area is 107 Å². The zero-order valence-corrected chi connectivity index (χ0v) is 10.9. The summed E-state index contributed by atoms with van der Waals surface area (Å²) in [6.45, 7) is 5.57. The lowest BCUT2D eigenvalue weighted by atomic mass is 10.2. The fourth-order valence-corrected chi connectivity index (χ4v) is 2.04. The normalized spacial score (nSPS) is 10.6. The Balaban J connectivity index is 2.07. The minimum Gasteiger partial charge on any atom is -0.377 e. The molecule has 0 atom stereocenters. The molecule has 18 heavy (non-hydrogen) atoms. The molecule has 1 heterocycles. The first-order valence-corrected chi connectivity index (χ1v) is 6.35. The zero-order valence-electron chi connectivity index (χ0n) is 10.9. The third-order valence-corrected chi connectivity index (χ3v) is 3.04. The molecule has 96 valence electrons. The van der Waals surface area contributed by atoms with Gasteiger partial charge < -0.3 is 9.88 Å². The van der Waals surface area contributed by atoms with E-state index >= 15 is 0 Å². The standard InChI is InChI=1S/C15H19FN2/c1-3-9-18-10-5-7-13(18)11-17-14-8-4-6-12(2)15(14)16/h4-8,10,17H,3,9,11H2,1-2H3. The van der Waals surface area contributed by atoms with Crippen LogP contribution >= 0.6 is 0 Å². The van der Waals surface area contributed by atoms with Gasteiger partial charge in [-0.05, 0) is 37.1 Å². The first-order valence-electron chi connectivity index (χ1n) is 6.35. The van der Waals surface area contributed by atoms with Gasteiger partial charge in [0.1, 0.15) is 5.82 Å². The third kappa shape index (κ3) is 2.73. The second kappa shape index (κ2) is 5.71. The predicted octanol–water partition coefficient (Wildman–Crippen LogP) is 3.96. The largest absolute Gasteiger partial charge is 0.377 e. The highest BCUT2D eigenvalue weighted by Crippen LogP contribution is 2.18. The molecule has 0 spiro atoms. The lowest BCUT2D eigenvalue weighted by molar-refractivity contribution is 0.618. The molecule has 0 fully saturated rings.